The number of halogens is 1. The van der Waals surface area contributed by atoms with Crippen LogP contribution in [0.25, 0.3) is 0 Å². The maximum absolute atomic E-state index is 12.2. The summed E-state index contributed by atoms with van der Waals surface area (Å²) in [4.78, 5) is 26.2. The van der Waals surface area contributed by atoms with Crippen LogP contribution in [0.1, 0.15) is 20.8 Å². The number of benzene rings is 1. The first kappa shape index (κ1) is 18.5. The molecule has 1 saturated heterocycles. The maximum Gasteiger partial charge on any atom is 0.243 e. The molecular formula is C17H24ClN3O3. The van der Waals surface area contributed by atoms with Crippen LogP contribution in [0.2, 0.25) is 5.02 Å². The van der Waals surface area contributed by atoms with E-state index >= 15 is 0 Å². The lowest BCUT2D eigenvalue weighted by molar-refractivity contribution is -0.130. The zero-order chi connectivity index (χ0) is 17.7. The summed E-state index contributed by atoms with van der Waals surface area (Å²) in [7, 11) is 0. The summed E-state index contributed by atoms with van der Waals surface area (Å²) >= 11 is 6.06. The Morgan fingerprint density at radius 1 is 1.25 bits per heavy atom. The normalized spacial score (nSPS) is 15.1. The van der Waals surface area contributed by atoms with E-state index in [9.17, 15) is 9.59 Å². The van der Waals surface area contributed by atoms with Crippen LogP contribution in [-0.2, 0) is 14.3 Å². The van der Waals surface area contributed by atoms with Crippen LogP contribution < -0.4 is 15.5 Å². The minimum absolute atomic E-state index is 0.0782. The first-order valence-electron chi connectivity index (χ1n) is 7.98. The van der Waals surface area contributed by atoms with Crippen molar-refractivity contribution in [2.24, 2.45) is 5.41 Å². The summed E-state index contributed by atoms with van der Waals surface area (Å²) < 4.78 is 5.36. The summed E-state index contributed by atoms with van der Waals surface area (Å²) in [5.41, 5.74) is 1.01. The number of nitrogens with zero attached hydrogens (tertiary/aromatic N) is 1. The lowest BCUT2D eigenvalue weighted by atomic mass is 9.96. The molecule has 7 heteroatoms. The van der Waals surface area contributed by atoms with Crippen molar-refractivity contribution in [3.63, 3.8) is 0 Å². The van der Waals surface area contributed by atoms with E-state index in [0.29, 0.717) is 23.9 Å². The summed E-state index contributed by atoms with van der Waals surface area (Å²) in [5, 5.41) is 6.02. The van der Waals surface area contributed by atoms with Gasteiger partial charge in [0, 0.05) is 23.5 Å². The van der Waals surface area contributed by atoms with Gasteiger partial charge < -0.3 is 20.3 Å². The number of carbonyl (C=O) groups excluding carboxylic acids is 2. The van der Waals surface area contributed by atoms with Crippen LogP contribution in [0.5, 0.6) is 0 Å². The van der Waals surface area contributed by atoms with Gasteiger partial charge in [-0.1, -0.05) is 32.4 Å². The zero-order valence-electron chi connectivity index (χ0n) is 14.3. The molecule has 0 aliphatic carbocycles. The third-order valence-corrected chi connectivity index (χ3v) is 3.91. The number of hydrogen-bond donors (Lipinski definition) is 2. The molecule has 24 heavy (non-hydrogen) atoms. The Kier molecular flexibility index (Phi) is 6.07. The van der Waals surface area contributed by atoms with Gasteiger partial charge in [0.05, 0.1) is 31.1 Å². The number of hydrogen-bond acceptors (Lipinski definition) is 4. The third-order valence-electron chi connectivity index (χ3n) is 3.68. The summed E-state index contributed by atoms with van der Waals surface area (Å²) in [5.74, 6) is -0.457. The molecule has 1 aliphatic heterocycles. The summed E-state index contributed by atoms with van der Waals surface area (Å²) in [6.07, 6.45) is 0. The zero-order valence-corrected chi connectivity index (χ0v) is 15.1. The van der Waals surface area contributed by atoms with Crippen molar-refractivity contribution in [1.29, 1.82) is 0 Å². The van der Waals surface area contributed by atoms with Crippen molar-refractivity contribution >= 4 is 34.8 Å². The predicted molar refractivity (Wildman–Crippen MR) is 95.6 cm³/mol. The van der Waals surface area contributed by atoms with Gasteiger partial charge in [-0.05, 0) is 18.2 Å². The molecule has 1 aromatic carbocycles. The van der Waals surface area contributed by atoms with Crippen molar-refractivity contribution in [3.05, 3.63) is 23.2 Å². The van der Waals surface area contributed by atoms with Crippen molar-refractivity contribution in [2.75, 3.05) is 43.1 Å². The second kappa shape index (κ2) is 7.85. The van der Waals surface area contributed by atoms with Gasteiger partial charge in [-0.3, -0.25) is 9.59 Å². The second-order valence-electron chi connectivity index (χ2n) is 6.74. The largest absolute Gasteiger partial charge is 0.378 e. The molecule has 0 radical (unpaired) electrons. The Labute approximate surface area is 147 Å². The molecule has 0 atom stereocenters. The quantitative estimate of drug-likeness (QED) is 0.871. The van der Waals surface area contributed by atoms with Crippen LogP contribution in [-0.4, -0.2) is 44.7 Å². The lowest BCUT2D eigenvalue weighted by Gasteiger charge is -2.30. The minimum Gasteiger partial charge on any atom is -0.378 e. The number of amides is 2. The highest BCUT2D eigenvalue weighted by Gasteiger charge is 2.22. The molecule has 2 amide bonds. The number of morpholine rings is 1. The molecule has 0 spiro atoms. The third kappa shape index (κ3) is 5.11. The van der Waals surface area contributed by atoms with E-state index in [0.717, 1.165) is 18.8 Å². The number of ether oxygens (including phenoxy) is 1. The fourth-order valence-corrected chi connectivity index (χ4v) is 2.48. The molecule has 1 heterocycles. The molecular weight excluding hydrogens is 330 g/mol. The van der Waals surface area contributed by atoms with Crippen LogP contribution >= 0.6 is 11.6 Å². The highest BCUT2D eigenvalue weighted by Crippen LogP contribution is 2.29. The van der Waals surface area contributed by atoms with Gasteiger partial charge in [0.1, 0.15) is 0 Å². The van der Waals surface area contributed by atoms with Crippen LogP contribution in [0.4, 0.5) is 11.4 Å². The van der Waals surface area contributed by atoms with Crippen LogP contribution in [0.15, 0.2) is 18.2 Å². The van der Waals surface area contributed by atoms with Gasteiger partial charge in [0.15, 0.2) is 0 Å². The summed E-state index contributed by atoms with van der Waals surface area (Å²) in [6, 6.07) is 5.40. The molecule has 0 unspecified atom stereocenters. The van der Waals surface area contributed by atoms with E-state index in [1.807, 2.05) is 6.07 Å². The van der Waals surface area contributed by atoms with E-state index in [1.54, 1.807) is 32.9 Å². The van der Waals surface area contributed by atoms with Gasteiger partial charge in [-0.15, -0.1) is 0 Å². The summed E-state index contributed by atoms with van der Waals surface area (Å²) in [6.45, 7) is 8.13. The second-order valence-corrected chi connectivity index (χ2v) is 7.18. The smallest absolute Gasteiger partial charge is 0.243 e. The number of anilines is 2. The maximum atomic E-state index is 12.2. The van der Waals surface area contributed by atoms with E-state index in [1.165, 1.54) is 0 Å². The molecule has 2 rings (SSSR count). The molecule has 1 aromatic rings. The van der Waals surface area contributed by atoms with Crippen molar-refractivity contribution in [2.45, 2.75) is 20.8 Å². The molecule has 1 fully saturated rings. The van der Waals surface area contributed by atoms with E-state index in [-0.39, 0.29) is 18.4 Å². The Balaban J connectivity index is 2.04. The number of carbonyl (C=O) groups is 2. The van der Waals surface area contributed by atoms with Crippen molar-refractivity contribution in [3.8, 4) is 0 Å². The van der Waals surface area contributed by atoms with Crippen LogP contribution in [0, 0.1) is 5.41 Å². The Morgan fingerprint density at radius 3 is 2.54 bits per heavy atom. The van der Waals surface area contributed by atoms with Gasteiger partial charge in [-0.25, -0.2) is 0 Å². The van der Waals surface area contributed by atoms with Gasteiger partial charge in [-0.2, -0.15) is 0 Å². The van der Waals surface area contributed by atoms with Gasteiger partial charge in [0.2, 0.25) is 11.8 Å². The molecule has 132 valence electrons. The van der Waals surface area contributed by atoms with Crippen molar-refractivity contribution < 1.29 is 14.3 Å². The van der Waals surface area contributed by atoms with Gasteiger partial charge >= 0.3 is 0 Å². The van der Waals surface area contributed by atoms with E-state index in [4.69, 9.17) is 16.3 Å². The molecule has 0 bridgehead atoms. The predicted octanol–water partition coefficient (Wildman–Crippen LogP) is 2.28. The topological polar surface area (TPSA) is 70.7 Å². The van der Waals surface area contributed by atoms with E-state index < -0.39 is 5.41 Å². The standard InChI is InChI=1S/C17H24ClN3O3/c1-17(2,3)16(23)19-11-15(22)20-13-10-12(18)4-5-14(13)21-6-8-24-9-7-21/h4-5,10H,6-9,11H2,1-3H3,(H,19,23)(H,20,22). The Hall–Kier alpha value is -1.79. The molecule has 1 aliphatic rings. The Bertz CT molecular complexity index is 608. The van der Waals surface area contributed by atoms with E-state index in [2.05, 4.69) is 15.5 Å². The fraction of sp³-hybridized carbons (Fsp3) is 0.529. The highest BCUT2D eigenvalue weighted by atomic mass is 35.5. The van der Waals surface area contributed by atoms with Crippen LogP contribution in [0.3, 0.4) is 0 Å². The number of nitrogens with one attached hydrogen (secondary N) is 2. The first-order valence-corrected chi connectivity index (χ1v) is 8.35. The minimum atomic E-state index is -0.532. The Morgan fingerprint density at radius 2 is 1.92 bits per heavy atom. The molecule has 2 N–H and O–H groups in total. The molecule has 0 saturated carbocycles. The van der Waals surface area contributed by atoms with Crippen molar-refractivity contribution in [1.82, 2.24) is 5.32 Å². The number of rotatable bonds is 4. The lowest BCUT2D eigenvalue weighted by Crippen LogP contribution is -2.40. The first-order chi connectivity index (χ1) is 11.3. The molecule has 0 aromatic heterocycles. The average molecular weight is 354 g/mol. The SMILES string of the molecule is CC(C)(C)C(=O)NCC(=O)Nc1cc(Cl)ccc1N1CCOCC1. The fourth-order valence-electron chi connectivity index (χ4n) is 2.31. The monoisotopic (exact) mass is 353 g/mol. The molecule has 6 nitrogen and oxygen atoms in total. The van der Waals surface area contributed by atoms with Gasteiger partial charge in [0.25, 0.3) is 0 Å². The highest BCUT2D eigenvalue weighted by molar-refractivity contribution is 6.31. The average Bonchev–Trinajstić information content (AvgIpc) is 2.52.